The number of pyridine rings is 2. The SMILES string of the molecule is c1ccc([C@@H](c2cccnc2)N2CCNCC2)nc1. The van der Waals surface area contributed by atoms with Gasteiger partial charge in [-0.2, -0.15) is 0 Å². The molecule has 0 aliphatic carbocycles. The second-order valence-corrected chi connectivity index (χ2v) is 4.73. The normalized spacial score (nSPS) is 18.1. The van der Waals surface area contributed by atoms with Gasteiger partial charge in [0, 0.05) is 44.8 Å². The summed E-state index contributed by atoms with van der Waals surface area (Å²) >= 11 is 0. The number of nitrogens with one attached hydrogen (secondary N) is 1. The van der Waals surface area contributed by atoms with E-state index < -0.39 is 0 Å². The smallest absolute Gasteiger partial charge is 0.0792 e. The van der Waals surface area contributed by atoms with E-state index >= 15 is 0 Å². The molecule has 1 saturated heterocycles. The lowest BCUT2D eigenvalue weighted by atomic mass is 10.0. The lowest BCUT2D eigenvalue weighted by Crippen LogP contribution is -2.45. The van der Waals surface area contributed by atoms with E-state index in [9.17, 15) is 0 Å². The largest absolute Gasteiger partial charge is 0.314 e. The van der Waals surface area contributed by atoms with Crippen molar-refractivity contribution in [2.24, 2.45) is 0 Å². The van der Waals surface area contributed by atoms with Gasteiger partial charge in [-0.15, -0.1) is 0 Å². The monoisotopic (exact) mass is 254 g/mol. The highest BCUT2D eigenvalue weighted by Gasteiger charge is 2.24. The van der Waals surface area contributed by atoms with Crippen molar-refractivity contribution in [3.8, 4) is 0 Å². The lowest BCUT2D eigenvalue weighted by molar-refractivity contribution is 0.195. The number of nitrogens with zero attached hydrogens (tertiary/aromatic N) is 3. The van der Waals surface area contributed by atoms with Crippen LogP contribution < -0.4 is 5.32 Å². The molecule has 0 aromatic carbocycles. The Morgan fingerprint density at radius 3 is 2.63 bits per heavy atom. The van der Waals surface area contributed by atoms with E-state index in [0.717, 1.165) is 31.9 Å². The summed E-state index contributed by atoms with van der Waals surface area (Å²) in [6, 6.07) is 10.4. The summed E-state index contributed by atoms with van der Waals surface area (Å²) in [6.07, 6.45) is 5.62. The zero-order valence-electron chi connectivity index (χ0n) is 10.9. The first-order valence-electron chi connectivity index (χ1n) is 6.71. The predicted octanol–water partition coefficient (Wildman–Crippen LogP) is 1.47. The minimum Gasteiger partial charge on any atom is -0.314 e. The van der Waals surface area contributed by atoms with Gasteiger partial charge in [0.25, 0.3) is 0 Å². The molecule has 1 fully saturated rings. The van der Waals surface area contributed by atoms with E-state index in [1.807, 2.05) is 36.8 Å². The fourth-order valence-electron chi connectivity index (χ4n) is 2.58. The number of piperazine rings is 1. The van der Waals surface area contributed by atoms with Crippen LogP contribution in [0.1, 0.15) is 17.3 Å². The molecule has 98 valence electrons. The van der Waals surface area contributed by atoms with Crippen LogP contribution >= 0.6 is 0 Å². The first kappa shape index (κ1) is 12.3. The Balaban J connectivity index is 1.96. The average Bonchev–Trinajstić information content (AvgIpc) is 2.51. The zero-order valence-corrected chi connectivity index (χ0v) is 10.9. The first-order valence-corrected chi connectivity index (χ1v) is 6.71. The molecule has 0 saturated carbocycles. The molecule has 0 amide bonds. The molecule has 3 rings (SSSR count). The van der Waals surface area contributed by atoms with Crippen LogP contribution in [0.5, 0.6) is 0 Å². The Labute approximate surface area is 113 Å². The van der Waals surface area contributed by atoms with Crippen molar-refractivity contribution in [1.29, 1.82) is 0 Å². The van der Waals surface area contributed by atoms with Crippen molar-refractivity contribution in [3.05, 3.63) is 60.2 Å². The molecule has 4 heteroatoms. The molecule has 19 heavy (non-hydrogen) atoms. The second kappa shape index (κ2) is 5.91. The summed E-state index contributed by atoms with van der Waals surface area (Å²) in [5, 5.41) is 3.39. The Morgan fingerprint density at radius 2 is 1.95 bits per heavy atom. The van der Waals surface area contributed by atoms with Crippen LogP contribution in [0.25, 0.3) is 0 Å². The molecule has 2 aromatic heterocycles. The van der Waals surface area contributed by atoms with Crippen LogP contribution in [0, 0.1) is 0 Å². The summed E-state index contributed by atoms with van der Waals surface area (Å²) in [7, 11) is 0. The molecule has 1 N–H and O–H groups in total. The number of rotatable bonds is 3. The molecule has 3 heterocycles. The van der Waals surface area contributed by atoms with Gasteiger partial charge in [-0.25, -0.2) is 0 Å². The summed E-state index contributed by atoms with van der Waals surface area (Å²) in [6.45, 7) is 4.14. The topological polar surface area (TPSA) is 41.1 Å². The fraction of sp³-hybridized carbons (Fsp3) is 0.333. The molecule has 0 unspecified atom stereocenters. The van der Waals surface area contributed by atoms with E-state index in [2.05, 4.69) is 32.3 Å². The highest BCUT2D eigenvalue weighted by atomic mass is 15.2. The van der Waals surface area contributed by atoms with Crippen LogP contribution in [0.2, 0.25) is 0 Å². The predicted molar refractivity (Wildman–Crippen MR) is 74.8 cm³/mol. The standard InChI is InChI=1S/C15H18N4/c1-2-7-18-14(5-1)15(13-4-3-6-17-12-13)19-10-8-16-9-11-19/h1-7,12,15-16H,8-11H2/t15-/m1/s1. The van der Waals surface area contributed by atoms with Crippen molar-refractivity contribution in [1.82, 2.24) is 20.2 Å². The molecular weight excluding hydrogens is 236 g/mol. The van der Waals surface area contributed by atoms with Crippen molar-refractivity contribution in [2.75, 3.05) is 26.2 Å². The maximum Gasteiger partial charge on any atom is 0.0792 e. The molecular formula is C15H18N4. The Hall–Kier alpha value is -1.78. The Kier molecular flexibility index (Phi) is 3.81. The minimum atomic E-state index is 0.206. The van der Waals surface area contributed by atoms with Crippen molar-refractivity contribution in [2.45, 2.75) is 6.04 Å². The highest BCUT2D eigenvalue weighted by molar-refractivity contribution is 5.25. The van der Waals surface area contributed by atoms with Crippen molar-refractivity contribution in [3.63, 3.8) is 0 Å². The third kappa shape index (κ3) is 2.80. The molecule has 1 aliphatic heterocycles. The van der Waals surface area contributed by atoms with Gasteiger partial charge in [-0.05, 0) is 23.8 Å². The summed E-state index contributed by atoms with van der Waals surface area (Å²) in [5.41, 5.74) is 2.31. The maximum absolute atomic E-state index is 4.54. The van der Waals surface area contributed by atoms with Gasteiger partial charge in [0.05, 0.1) is 11.7 Å². The average molecular weight is 254 g/mol. The molecule has 4 nitrogen and oxygen atoms in total. The zero-order chi connectivity index (χ0) is 12.9. The van der Waals surface area contributed by atoms with E-state index in [1.54, 1.807) is 0 Å². The van der Waals surface area contributed by atoms with Crippen molar-refractivity contribution >= 4 is 0 Å². The van der Waals surface area contributed by atoms with Crippen LogP contribution in [-0.2, 0) is 0 Å². The van der Waals surface area contributed by atoms with Gasteiger partial charge >= 0.3 is 0 Å². The Bertz CT molecular complexity index is 455. The fourth-order valence-corrected chi connectivity index (χ4v) is 2.58. The summed E-state index contributed by atoms with van der Waals surface area (Å²) < 4.78 is 0. The minimum absolute atomic E-state index is 0.206. The number of hydrogen-bond acceptors (Lipinski definition) is 4. The van der Waals surface area contributed by atoms with Gasteiger partial charge in [-0.1, -0.05) is 12.1 Å². The Morgan fingerprint density at radius 1 is 1.05 bits per heavy atom. The van der Waals surface area contributed by atoms with Crippen LogP contribution in [-0.4, -0.2) is 41.0 Å². The third-order valence-corrected chi connectivity index (χ3v) is 3.48. The van der Waals surface area contributed by atoms with E-state index in [1.165, 1.54) is 5.56 Å². The maximum atomic E-state index is 4.54. The van der Waals surface area contributed by atoms with Gasteiger partial charge < -0.3 is 5.32 Å². The summed E-state index contributed by atoms with van der Waals surface area (Å²) in [4.78, 5) is 11.3. The van der Waals surface area contributed by atoms with Crippen LogP contribution in [0.4, 0.5) is 0 Å². The molecule has 0 spiro atoms. The molecule has 2 aromatic rings. The number of aromatic nitrogens is 2. The number of hydrogen-bond donors (Lipinski definition) is 1. The van der Waals surface area contributed by atoms with Crippen LogP contribution in [0.3, 0.4) is 0 Å². The van der Waals surface area contributed by atoms with Gasteiger partial charge in [0.1, 0.15) is 0 Å². The van der Waals surface area contributed by atoms with Gasteiger partial charge in [-0.3, -0.25) is 14.9 Å². The quantitative estimate of drug-likeness (QED) is 0.900. The molecule has 1 atom stereocenters. The van der Waals surface area contributed by atoms with Gasteiger partial charge in [0.2, 0.25) is 0 Å². The van der Waals surface area contributed by atoms with Crippen LogP contribution in [0.15, 0.2) is 48.9 Å². The van der Waals surface area contributed by atoms with E-state index in [-0.39, 0.29) is 6.04 Å². The first-order chi connectivity index (χ1) is 9.45. The van der Waals surface area contributed by atoms with E-state index in [4.69, 9.17) is 0 Å². The van der Waals surface area contributed by atoms with E-state index in [0.29, 0.717) is 0 Å². The van der Waals surface area contributed by atoms with Gasteiger partial charge in [0.15, 0.2) is 0 Å². The molecule has 1 aliphatic rings. The lowest BCUT2D eigenvalue weighted by Gasteiger charge is -2.34. The molecule has 0 radical (unpaired) electrons. The highest BCUT2D eigenvalue weighted by Crippen LogP contribution is 2.26. The summed E-state index contributed by atoms with van der Waals surface area (Å²) in [5.74, 6) is 0. The molecule has 0 bridgehead atoms. The second-order valence-electron chi connectivity index (χ2n) is 4.73. The van der Waals surface area contributed by atoms with Crippen molar-refractivity contribution < 1.29 is 0 Å². The third-order valence-electron chi connectivity index (χ3n) is 3.48.